The summed E-state index contributed by atoms with van der Waals surface area (Å²) in [5.74, 6) is 0.707. The number of aliphatic hydroxyl groups is 1. The van der Waals surface area contributed by atoms with E-state index in [9.17, 15) is 9.46 Å². The number of pyridine rings is 1. The van der Waals surface area contributed by atoms with Crippen molar-refractivity contribution in [3.63, 3.8) is 0 Å². The van der Waals surface area contributed by atoms with Gasteiger partial charge in [0.2, 0.25) is 0 Å². The molecule has 3 rings (SSSR count). The van der Waals surface area contributed by atoms with Crippen LogP contribution in [0.25, 0.3) is 11.3 Å². The van der Waals surface area contributed by atoms with Gasteiger partial charge in [-0.2, -0.15) is 0 Å². The van der Waals surface area contributed by atoms with Gasteiger partial charge in [-0.15, -0.1) is 0 Å². The Kier molecular flexibility index (Phi) is 6.93. The first-order valence-corrected chi connectivity index (χ1v) is 11.1. The highest BCUT2D eigenvalue weighted by Crippen LogP contribution is 2.42. The van der Waals surface area contributed by atoms with Gasteiger partial charge in [0, 0.05) is 12.5 Å². The molecule has 0 saturated carbocycles. The Labute approximate surface area is 180 Å². The molecule has 0 bridgehead atoms. The van der Waals surface area contributed by atoms with E-state index < -0.39 is 13.4 Å². The standard InChI is InChI=1S/C21H26N3O6P/c1-21(2,3)30-31(26,27)28-14-24-10-4-5-18(20(24)22)19-12-17(23-29-19)11-15-6-8-16(13-25)9-7-15/h4-10,12,22,25H,11,13-14H2,1-3H3,(H,26,27). The van der Waals surface area contributed by atoms with Crippen molar-refractivity contribution in [2.24, 2.45) is 0 Å². The number of anilines is 1. The summed E-state index contributed by atoms with van der Waals surface area (Å²) >= 11 is 0. The number of phosphoric acid groups is 1. The van der Waals surface area contributed by atoms with Gasteiger partial charge >= 0.3 is 0 Å². The molecular formula is C21H26N3O6P. The quantitative estimate of drug-likeness (QED) is 0.397. The highest BCUT2D eigenvalue weighted by Gasteiger charge is 2.23. The largest absolute Gasteiger partial charge is 0.756 e. The van der Waals surface area contributed by atoms with E-state index in [4.69, 9.17) is 24.4 Å². The number of aliphatic hydroxyl groups excluding tert-OH is 1. The maximum atomic E-state index is 12.0. The predicted octanol–water partition coefficient (Wildman–Crippen LogP) is 2.55. The van der Waals surface area contributed by atoms with Crippen molar-refractivity contribution in [2.75, 3.05) is 5.73 Å². The molecule has 0 aliphatic carbocycles. The van der Waals surface area contributed by atoms with Crippen LogP contribution in [-0.2, 0) is 33.4 Å². The number of hydrogen-bond donors (Lipinski definition) is 2. The van der Waals surface area contributed by atoms with Crippen LogP contribution in [0.4, 0.5) is 5.82 Å². The van der Waals surface area contributed by atoms with Crippen molar-refractivity contribution in [2.45, 2.75) is 46.1 Å². The zero-order valence-corrected chi connectivity index (χ0v) is 18.5. The summed E-state index contributed by atoms with van der Waals surface area (Å²) in [6.45, 7) is 4.51. The van der Waals surface area contributed by atoms with Gasteiger partial charge in [-0.05, 0) is 44.0 Å². The zero-order chi connectivity index (χ0) is 22.6. The smallest absolute Gasteiger partial charge is 0.285 e. The second-order valence-electron chi connectivity index (χ2n) is 8.02. The molecule has 2 heterocycles. The highest BCUT2D eigenvalue weighted by molar-refractivity contribution is 7.45. The minimum absolute atomic E-state index is 0.00445. The van der Waals surface area contributed by atoms with Crippen LogP contribution in [0.2, 0.25) is 0 Å². The van der Waals surface area contributed by atoms with E-state index >= 15 is 0 Å². The minimum Gasteiger partial charge on any atom is -0.756 e. The Bertz CT molecular complexity index is 1080. The molecule has 31 heavy (non-hydrogen) atoms. The molecule has 0 spiro atoms. The first-order chi connectivity index (χ1) is 14.6. The molecule has 9 nitrogen and oxygen atoms in total. The lowest BCUT2D eigenvalue weighted by molar-refractivity contribution is -0.713. The molecule has 1 unspecified atom stereocenters. The molecule has 0 aliphatic heterocycles. The number of nitrogen functional groups attached to an aromatic ring is 1. The molecule has 2 aromatic heterocycles. The van der Waals surface area contributed by atoms with Crippen molar-refractivity contribution < 1.29 is 32.7 Å². The average molecular weight is 447 g/mol. The van der Waals surface area contributed by atoms with Gasteiger partial charge in [-0.25, -0.2) is 4.57 Å². The van der Waals surface area contributed by atoms with E-state index in [2.05, 4.69) is 5.16 Å². The normalized spacial score (nSPS) is 13.8. The average Bonchev–Trinajstić information content (AvgIpc) is 3.14. The molecule has 10 heteroatoms. The van der Waals surface area contributed by atoms with Crippen molar-refractivity contribution in [3.8, 4) is 11.3 Å². The fourth-order valence-electron chi connectivity index (χ4n) is 2.87. The molecule has 3 N–H and O–H groups in total. The van der Waals surface area contributed by atoms with Crippen molar-refractivity contribution in [1.82, 2.24) is 5.16 Å². The van der Waals surface area contributed by atoms with Gasteiger partial charge in [0.15, 0.2) is 12.5 Å². The van der Waals surface area contributed by atoms with E-state index in [1.807, 2.05) is 24.3 Å². The van der Waals surface area contributed by atoms with Crippen LogP contribution in [0.3, 0.4) is 0 Å². The SMILES string of the molecule is CC(C)(C)OP(=O)([O-])OC[n+]1cccc(-c2cc(Cc3ccc(CO)cc3)no2)c1N. The van der Waals surface area contributed by atoms with Crippen LogP contribution in [0.15, 0.2) is 53.2 Å². The second-order valence-corrected chi connectivity index (χ2v) is 9.36. The monoisotopic (exact) mass is 447 g/mol. The lowest BCUT2D eigenvalue weighted by Crippen LogP contribution is -2.39. The zero-order valence-electron chi connectivity index (χ0n) is 17.6. The van der Waals surface area contributed by atoms with E-state index in [0.717, 1.165) is 11.1 Å². The third-order valence-corrected chi connectivity index (χ3v) is 5.47. The summed E-state index contributed by atoms with van der Waals surface area (Å²) in [6, 6.07) is 12.8. The van der Waals surface area contributed by atoms with Crippen LogP contribution >= 0.6 is 7.82 Å². The molecule has 1 atom stereocenters. The van der Waals surface area contributed by atoms with Crippen molar-refractivity contribution in [1.29, 1.82) is 0 Å². The molecular weight excluding hydrogens is 421 g/mol. The summed E-state index contributed by atoms with van der Waals surface area (Å²) in [7, 11) is -4.51. The van der Waals surface area contributed by atoms with Gasteiger partial charge in [0.25, 0.3) is 13.6 Å². The number of rotatable bonds is 8. The van der Waals surface area contributed by atoms with E-state index in [-0.39, 0.29) is 19.2 Å². The fraction of sp³-hybridized carbons (Fsp3) is 0.333. The number of phosphoric ester groups is 1. The van der Waals surface area contributed by atoms with Crippen LogP contribution in [0.5, 0.6) is 0 Å². The lowest BCUT2D eigenvalue weighted by atomic mass is 10.1. The van der Waals surface area contributed by atoms with E-state index in [1.54, 1.807) is 45.2 Å². The van der Waals surface area contributed by atoms with Crippen LogP contribution < -0.4 is 15.2 Å². The van der Waals surface area contributed by atoms with Gasteiger partial charge < -0.3 is 19.0 Å². The second kappa shape index (κ2) is 9.30. The van der Waals surface area contributed by atoms with Crippen LogP contribution in [0, 0.1) is 0 Å². The summed E-state index contributed by atoms with van der Waals surface area (Å²) < 4.78 is 28.8. The topological polar surface area (TPSA) is 135 Å². The number of nitrogens with zero attached hydrogens (tertiary/aromatic N) is 2. The first kappa shape index (κ1) is 23.1. The maximum absolute atomic E-state index is 12.0. The Morgan fingerprint density at radius 2 is 1.90 bits per heavy atom. The first-order valence-electron chi connectivity index (χ1n) is 9.65. The third kappa shape index (κ3) is 6.46. The van der Waals surface area contributed by atoms with Gasteiger partial charge in [0.05, 0.1) is 24.1 Å². The molecule has 0 fully saturated rings. The minimum atomic E-state index is -4.51. The summed E-state index contributed by atoms with van der Waals surface area (Å²) in [6.07, 6.45) is 2.14. The predicted molar refractivity (Wildman–Crippen MR) is 111 cm³/mol. The molecule has 3 aromatic rings. The maximum Gasteiger partial charge on any atom is 0.285 e. The molecule has 0 saturated heterocycles. The fourth-order valence-corrected chi connectivity index (χ4v) is 3.86. The molecule has 166 valence electrons. The Morgan fingerprint density at radius 1 is 1.23 bits per heavy atom. The summed E-state index contributed by atoms with van der Waals surface area (Å²) in [5.41, 5.74) is 8.43. The third-order valence-electron chi connectivity index (χ3n) is 4.27. The van der Waals surface area contributed by atoms with E-state index in [0.29, 0.717) is 23.4 Å². The van der Waals surface area contributed by atoms with Gasteiger partial charge in [0.1, 0.15) is 5.56 Å². The van der Waals surface area contributed by atoms with E-state index in [1.165, 1.54) is 4.57 Å². The van der Waals surface area contributed by atoms with Crippen molar-refractivity contribution in [3.05, 3.63) is 65.5 Å². The lowest BCUT2D eigenvalue weighted by Gasteiger charge is -2.29. The summed E-state index contributed by atoms with van der Waals surface area (Å²) in [5, 5.41) is 13.2. The van der Waals surface area contributed by atoms with Crippen LogP contribution in [-0.4, -0.2) is 15.9 Å². The number of benzene rings is 1. The molecule has 1 aromatic carbocycles. The van der Waals surface area contributed by atoms with Gasteiger partial charge in [-0.1, -0.05) is 29.4 Å². The Balaban J connectivity index is 1.73. The van der Waals surface area contributed by atoms with Gasteiger partial charge in [-0.3, -0.25) is 14.8 Å². The number of hydrogen-bond acceptors (Lipinski definition) is 8. The summed E-state index contributed by atoms with van der Waals surface area (Å²) in [4.78, 5) is 12.0. The van der Waals surface area contributed by atoms with Crippen molar-refractivity contribution >= 4 is 13.6 Å². The number of aromatic nitrogens is 2. The van der Waals surface area contributed by atoms with Crippen LogP contribution in [0.1, 0.15) is 37.6 Å². The highest BCUT2D eigenvalue weighted by atomic mass is 31.2. The Morgan fingerprint density at radius 3 is 2.55 bits per heavy atom. The molecule has 0 amide bonds. The number of nitrogens with two attached hydrogens (primary N) is 1. The molecule has 0 aliphatic rings. The Hall–Kier alpha value is -2.55. The molecule has 0 radical (unpaired) electrons.